The number of aromatic nitrogens is 3. The fourth-order valence-corrected chi connectivity index (χ4v) is 10.0. The fraction of sp³-hybridized carbons (Fsp3) is 0.529. The van der Waals surface area contributed by atoms with Gasteiger partial charge in [-0.05, 0) is 68.4 Å². The highest BCUT2D eigenvalue weighted by molar-refractivity contribution is 6.73. The maximum Gasteiger partial charge on any atom is 0.433 e. The van der Waals surface area contributed by atoms with Crippen LogP contribution in [0.3, 0.4) is 0 Å². The molecule has 274 valence electrons. The van der Waals surface area contributed by atoms with E-state index in [9.17, 15) is 31.5 Å². The number of pyridine rings is 1. The van der Waals surface area contributed by atoms with Crippen LogP contribution < -0.4 is 0 Å². The number of benzene rings is 1. The van der Waals surface area contributed by atoms with Gasteiger partial charge in [0.25, 0.3) is 5.91 Å². The lowest BCUT2D eigenvalue weighted by molar-refractivity contribution is -0.151. The Morgan fingerprint density at radius 1 is 0.960 bits per heavy atom. The first-order chi connectivity index (χ1) is 23.7. The van der Waals surface area contributed by atoms with E-state index in [4.69, 9.17) is 32.4 Å². The molecule has 0 spiro atoms. The molecule has 0 radical (unpaired) electrons. The van der Waals surface area contributed by atoms with E-state index < -0.39 is 73.9 Å². The second kappa shape index (κ2) is 17.0. The van der Waals surface area contributed by atoms with E-state index >= 15 is 0 Å². The van der Waals surface area contributed by atoms with Crippen molar-refractivity contribution >= 4 is 43.4 Å². The highest BCUT2D eigenvalue weighted by Crippen LogP contribution is 2.41. The maximum absolute atomic E-state index is 14.9. The number of alkyl halides is 3. The molecule has 1 unspecified atom stereocenters. The molecular weight excluding hydrogens is 722 g/mol. The van der Waals surface area contributed by atoms with E-state index in [0.717, 1.165) is 27.9 Å². The smallest absolute Gasteiger partial charge is 0.433 e. The summed E-state index contributed by atoms with van der Waals surface area (Å²) >= 11 is 13.2. The molecule has 2 aromatic heterocycles. The number of esters is 1. The van der Waals surface area contributed by atoms with Crippen LogP contribution in [-0.4, -0.2) is 53.0 Å². The molecule has 50 heavy (non-hydrogen) atoms. The van der Waals surface area contributed by atoms with E-state index in [-0.39, 0.29) is 41.6 Å². The van der Waals surface area contributed by atoms with Crippen LogP contribution in [0.25, 0.3) is 0 Å². The second-order valence-corrected chi connectivity index (χ2v) is 18.0. The second-order valence-electron chi connectivity index (χ2n) is 12.4. The van der Waals surface area contributed by atoms with Gasteiger partial charge >= 0.3 is 12.1 Å². The van der Waals surface area contributed by atoms with Crippen molar-refractivity contribution in [1.29, 1.82) is 0 Å². The van der Waals surface area contributed by atoms with Crippen molar-refractivity contribution in [2.45, 2.75) is 96.4 Å². The number of carbonyl (C=O) groups is 2. The van der Waals surface area contributed by atoms with Crippen molar-refractivity contribution in [2.24, 2.45) is 5.92 Å². The molecule has 1 fully saturated rings. The Morgan fingerprint density at radius 2 is 1.54 bits per heavy atom. The molecular formula is C34H41Cl2F5N4O4Si. The number of rotatable bonds is 14. The van der Waals surface area contributed by atoms with Crippen molar-refractivity contribution in [1.82, 2.24) is 19.7 Å². The molecule has 0 saturated heterocycles. The quantitative estimate of drug-likeness (QED) is 0.0924. The summed E-state index contributed by atoms with van der Waals surface area (Å²) in [4.78, 5) is 31.7. The van der Waals surface area contributed by atoms with Crippen molar-refractivity contribution < 1.29 is 40.7 Å². The number of halogens is 7. The Hall–Kier alpha value is -3.07. The van der Waals surface area contributed by atoms with Crippen LogP contribution in [0.15, 0.2) is 36.8 Å². The fourth-order valence-electron chi connectivity index (χ4n) is 6.62. The lowest BCUT2D eigenvalue weighted by Gasteiger charge is -2.37. The van der Waals surface area contributed by atoms with Crippen LogP contribution in [0.4, 0.5) is 22.0 Å². The average Bonchev–Trinajstić information content (AvgIpc) is 3.52. The minimum Gasteiger partial charge on any atom is -0.466 e. The molecule has 4 rings (SSSR count). The molecule has 1 aliphatic carbocycles. The molecule has 0 aliphatic heterocycles. The molecule has 1 aliphatic rings. The standard InChI is InChI=1S/C34H41Cl2F5N4O4Si/c1-5-48-33(47)22-9-11-25(12-10-22)45-31(34(39,40)41)26(16-43-45)32(46)44(19-21-13-23(37)15-24(38)14-21)20-29(49-50(6-2,7-3)8-4)30-27(35)17-42-18-28(30)36/h13-18,22,25,29H,5-12,19-20H2,1-4H3/t22-,25-,29?. The summed E-state index contributed by atoms with van der Waals surface area (Å²) in [5, 5.41) is 4.30. The van der Waals surface area contributed by atoms with Gasteiger partial charge in [-0.15, -0.1) is 0 Å². The lowest BCUT2D eigenvalue weighted by Crippen LogP contribution is -2.42. The van der Waals surface area contributed by atoms with E-state index in [0.29, 0.717) is 42.6 Å². The van der Waals surface area contributed by atoms with Gasteiger partial charge in [-0.1, -0.05) is 44.0 Å². The number of hydrogen-bond acceptors (Lipinski definition) is 6. The Balaban J connectivity index is 1.80. The average molecular weight is 764 g/mol. The lowest BCUT2D eigenvalue weighted by atomic mass is 9.86. The summed E-state index contributed by atoms with van der Waals surface area (Å²) in [7, 11) is -2.50. The first-order valence-corrected chi connectivity index (χ1v) is 20.0. The molecule has 0 N–H and O–H groups in total. The number of carbonyl (C=O) groups excluding carboxylic acids is 2. The van der Waals surface area contributed by atoms with Crippen molar-refractivity contribution in [2.75, 3.05) is 13.2 Å². The topological polar surface area (TPSA) is 86.6 Å². The molecule has 1 aromatic carbocycles. The minimum absolute atomic E-state index is 0.00439. The molecule has 3 aromatic rings. The summed E-state index contributed by atoms with van der Waals surface area (Å²) < 4.78 is 86.1. The predicted octanol–water partition coefficient (Wildman–Crippen LogP) is 9.58. The van der Waals surface area contributed by atoms with Crippen molar-refractivity contribution in [3.63, 3.8) is 0 Å². The van der Waals surface area contributed by atoms with Gasteiger partial charge in [0.2, 0.25) is 0 Å². The molecule has 1 atom stereocenters. The molecule has 0 bridgehead atoms. The number of amides is 1. The number of ether oxygens (including phenoxy) is 1. The molecule has 1 amide bonds. The molecule has 8 nitrogen and oxygen atoms in total. The number of nitrogens with zero attached hydrogens (tertiary/aromatic N) is 4. The summed E-state index contributed by atoms with van der Waals surface area (Å²) in [6, 6.07) is 3.98. The minimum atomic E-state index is -5.00. The summed E-state index contributed by atoms with van der Waals surface area (Å²) in [5.74, 6) is -3.75. The van der Waals surface area contributed by atoms with E-state index in [1.807, 2.05) is 20.8 Å². The van der Waals surface area contributed by atoms with Crippen molar-refractivity contribution in [3.8, 4) is 0 Å². The van der Waals surface area contributed by atoms with Crippen LogP contribution in [0, 0.1) is 17.6 Å². The first-order valence-electron chi connectivity index (χ1n) is 16.7. The normalized spacial score (nSPS) is 17.4. The Labute approximate surface area is 299 Å². The van der Waals surface area contributed by atoms with Crippen molar-refractivity contribution in [3.05, 3.63) is 80.9 Å². The van der Waals surface area contributed by atoms with Gasteiger partial charge in [0.1, 0.15) is 11.6 Å². The van der Waals surface area contributed by atoms with E-state index in [1.54, 1.807) is 6.92 Å². The maximum atomic E-state index is 14.9. The molecule has 1 saturated carbocycles. The van der Waals surface area contributed by atoms with Crippen LogP contribution in [0.1, 0.15) is 92.7 Å². The summed E-state index contributed by atoms with van der Waals surface area (Å²) in [6.45, 7) is 6.99. The van der Waals surface area contributed by atoms with Gasteiger partial charge in [-0.2, -0.15) is 18.3 Å². The molecule has 16 heteroatoms. The summed E-state index contributed by atoms with van der Waals surface area (Å²) in [5.41, 5.74) is -1.69. The van der Waals surface area contributed by atoms with Gasteiger partial charge < -0.3 is 14.1 Å². The van der Waals surface area contributed by atoms with E-state index in [1.165, 1.54) is 12.4 Å². The first kappa shape index (κ1) is 39.7. The van der Waals surface area contributed by atoms with Gasteiger partial charge in [-0.25, -0.2) is 8.78 Å². The van der Waals surface area contributed by atoms with Crippen LogP contribution >= 0.6 is 23.2 Å². The van der Waals surface area contributed by atoms with Gasteiger partial charge in [0.05, 0.1) is 53.0 Å². The zero-order valence-corrected chi connectivity index (χ0v) is 30.8. The zero-order valence-electron chi connectivity index (χ0n) is 28.3. The van der Waals surface area contributed by atoms with E-state index in [2.05, 4.69) is 10.1 Å². The van der Waals surface area contributed by atoms with Gasteiger partial charge in [-0.3, -0.25) is 19.3 Å². The SMILES string of the molecule is CCOC(=O)[C@H]1CC[C@H](n2ncc(C(=O)N(Cc3cc(F)cc(F)c3)CC(O[Si](CC)(CC)CC)c3c(Cl)cncc3Cl)c2C(F)(F)F)CC1. The third-order valence-corrected chi connectivity index (χ3v) is 14.7. The Morgan fingerprint density at radius 3 is 2.06 bits per heavy atom. The van der Waals surface area contributed by atoms with Gasteiger partial charge in [0.15, 0.2) is 14.0 Å². The Bertz CT molecular complexity index is 1600. The monoisotopic (exact) mass is 762 g/mol. The highest BCUT2D eigenvalue weighted by atomic mass is 35.5. The van der Waals surface area contributed by atoms with Crippen LogP contribution in [-0.2, 0) is 26.7 Å². The van der Waals surface area contributed by atoms with Crippen LogP contribution in [0.5, 0.6) is 0 Å². The van der Waals surface area contributed by atoms with Gasteiger partial charge in [0, 0.05) is 30.6 Å². The zero-order chi connectivity index (χ0) is 36.8. The van der Waals surface area contributed by atoms with Crippen LogP contribution in [0.2, 0.25) is 28.2 Å². The highest BCUT2D eigenvalue weighted by Gasteiger charge is 2.44. The third-order valence-electron chi connectivity index (χ3n) is 9.46. The Kier molecular flexibility index (Phi) is 13.5. The largest absolute Gasteiger partial charge is 0.466 e. The summed E-state index contributed by atoms with van der Waals surface area (Å²) in [6.07, 6.45) is -1.44. The molecule has 2 heterocycles. The number of hydrogen-bond donors (Lipinski definition) is 0. The predicted molar refractivity (Wildman–Crippen MR) is 181 cm³/mol. The third kappa shape index (κ3) is 9.23.